The SMILES string of the molecule is CC(C)n1cc([N+](=O)[O-])cc1C(=O)NCCN1CCOCC1. The van der Waals surface area contributed by atoms with Crippen LogP contribution < -0.4 is 5.32 Å². The molecular weight excluding hydrogens is 288 g/mol. The van der Waals surface area contributed by atoms with Crippen molar-refractivity contribution >= 4 is 11.6 Å². The lowest BCUT2D eigenvalue weighted by Crippen LogP contribution is -2.41. The average Bonchev–Trinajstić information content (AvgIpc) is 2.94. The van der Waals surface area contributed by atoms with Crippen molar-refractivity contribution in [3.63, 3.8) is 0 Å². The molecule has 1 aromatic rings. The maximum Gasteiger partial charge on any atom is 0.287 e. The third kappa shape index (κ3) is 4.05. The van der Waals surface area contributed by atoms with Crippen molar-refractivity contribution in [2.75, 3.05) is 39.4 Å². The molecule has 1 aliphatic rings. The van der Waals surface area contributed by atoms with Gasteiger partial charge in [-0.1, -0.05) is 0 Å². The number of aromatic nitrogens is 1. The van der Waals surface area contributed by atoms with Crippen molar-refractivity contribution in [1.82, 2.24) is 14.8 Å². The first-order chi connectivity index (χ1) is 10.5. The molecule has 0 saturated carbocycles. The fourth-order valence-corrected chi connectivity index (χ4v) is 2.42. The summed E-state index contributed by atoms with van der Waals surface area (Å²) in [6.07, 6.45) is 1.40. The summed E-state index contributed by atoms with van der Waals surface area (Å²) >= 11 is 0. The molecule has 0 aliphatic carbocycles. The Labute approximate surface area is 129 Å². The molecule has 2 heterocycles. The van der Waals surface area contributed by atoms with Gasteiger partial charge in [-0.15, -0.1) is 0 Å². The van der Waals surface area contributed by atoms with E-state index in [0.717, 1.165) is 32.8 Å². The van der Waals surface area contributed by atoms with Gasteiger partial charge in [-0.2, -0.15) is 0 Å². The molecule has 0 unspecified atom stereocenters. The Morgan fingerprint density at radius 1 is 1.45 bits per heavy atom. The van der Waals surface area contributed by atoms with Gasteiger partial charge in [0.1, 0.15) is 5.69 Å². The highest BCUT2D eigenvalue weighted by Crippen LogP contribution is 2.20. The third-order valence-electron chi connectivity index (χ3n) is 3.65. The molecule has 0 aromatic carbocycles. The van der Waals surface area contributed by atoms with E-state index in [2.05, 4.69) is 10.2 Å². The van der Waals surface area contributed by atoms with E-state index in [-0.39, 0.29) is 17.6 Å². The fraction of sp³-hybridized carbons (Fsp3) is 0.643. The van der Waals surface area contributed by atoms with Crippen LogP contribution in [0.4, 0.5) is 5.69 Å². The molecule has 2 rings (SSSR count). The third-order valence-corrected chi connectivity index (χ3v) is 3.65. The summed E-state index contributed by atoms with van der Waals surface area (Å²) in [5.74, 6) is -0.282. The van der Waals surface area contributed by atoms with E-state index in [1.165, 1.54) is 12.3 Å². The summed E-state index contributed by atoms with van der Waals surface area (Å²) in [5.41, 5.74) is 0.260. The summed E-state index contributed by atoms with van der Waals surface area (Å²) < 4.78 is 6.89. The number of nitrogens with zero attached hydrogens (tertiary/aromatic N) is 3. The van der Waals surface area contributed by atoms with Gasteiger partial charge in [0.15, 0.2) is 0 Å². The minimum atomic E-state index is -0.483. The Balaban J connectivity index is 1.94. The zero-order valence-corrected chi connectivity index (χ0v) is 12.9. The summed E-state index contributed by atoms with van der Waals surface area (Å²) in [6.45, 7) is 8.19. The van der Waals surface area contributed by atoms with Gasteiger partial charge in [-0.25, -0.2) is 0 Å². The Kier molecular flexibility index (Phi) is 5.51. The lowest BCUT2D eigenvalue weighted by molar-refractivity contribution is -0.384. The molecule has 1 saturated heterocycles. The minimum Gasteiger partial charge on any atom is -0.379 e. The molecule has 1 aromatic heterocycles. The van der Waals surface area contributed by atoms with Crippen molar-refractivity contribution in [3.8, 4) is 0 Å². The van der Waals surface area contributed by atoms with E-state index in [0.29, 0.717) is 12.2 Å². The lowest BCUT2D eigenvalue weighted by Gasteiger charge is -2.26. The van der Waals surface area contributed by atoms with Crippen LogP contribution in [0.3, 0.4) is 0 Å². The number of nitro groups is 1. The topological polar surface area (TPSA) is 89.6 Å². The number of hydrogen-bond acceptors (Lipinski definition) is 5. The van der Waals surface area contributed by atoms with Crippen LogP contribution in [0.15, 0.2) is 12.3 Å². The molecule has 0 bridgehead atoms. The predicted molar refractivity (Wildman–Crippen MR) is 81.1 cm³/mol. The smallest absolute Gasteiger partial charge is 0.287 e. The van der Waals surface area contributed by atoms with Crippen LogP contribution in [-0.2, 0) is 4.74 Å². The Morgan fingerprint density at radius 2 is 2.14 bits per heavy atom. The highest BCUT2D eigenvalue weighted by molar-refractivity contribution is 5.93. The molecule has 1 N–H and O–H groups in total. The van der Waals surface area contributed by atoms with Gasteiger partial charge in [-0.3, -0.25) is 19.8 Å². The van der Waals surface area contributed by atoms with Gasteiger partial charge in [0.2, 0.25) is 0 Å². The van der Waals surface area contributed by atoms with E-state index in [9.17, 15) is 14.9 Å². The van der Waals surface area contributed by atoms with Gasteiger partial charge < -0.3 is 14.6 Å². The van der Waals surface area contributed by atoms with Gasteiger partial charge in [-0.05, 0) is 13.8 Å². The average molecular weight is 310 g/mol. The van der Waals surface area contributed by atoms with E-state index in [4.69, 9.17) is 4.74 Å². The highest BCUT2D eigenvalue weighted by Gasteiger charge is 2.20. The van der Waals surface area contributed by atoms with E-state index in [1.54, 1.807) is 4.57 Å². The van der Waals surface area contributed by atoms with Gasteiger partial charge >= 0.3 is 0 Å². The standard InChI is InChI=1S/C14H22N4O4/c1-11(2)17-10-12(18(20)21)9-13(17)14(19)15-3-4-16-5-7-22-8-6-16/h9-11H,3-8H2,1-2H3,(H,15,19). The summed E-state index contributed by atoms with van der Waals surface area (Å²) in [7, 11) is 0. The Bertz CT molecular complexity index is 535. The van der Waals surface area contributed by atoms with E-state index >= 15 is 0 Å². The molecule has 0 atom stereocenters. The van der Waals surface area contributed by atoms with Crippen molar-refractivity contribution in [3.05, 3.63) is 28.1 Å². The van der Waals surface area contributed by atoms with Crippen molar-refractivity contribution in [2.45, 2.75) is 19.9 Å². The monoisotopic (exact) mass is 310 g/mol. The van der Waals surface area contributed by atoms with Crippen LogP contribution >= 0.6 is 0 Å². The number of amides is 1. The van der Waals surface area contributed by atoms with Crippen LogP contribution in [0.25, 0.3) is 0 Å². The number of nitrogens with one attached hydrogen (secondary N) is 1. The maximum atomic E-state index is 12.2. The van der Waals surface area contributed by atoms with Crippen LogP contribution in [-0.4, -0.2) is 59.7 Å². The second-order valence-corrected chi connectivity index (χ2v) is 5.55. The van der Waals surface area contributed by atoms with E-state index < -0.39 is 4.92 Å². The molecule has 1 amide bonds. The van der Waals surface area contributed by atoms with Crippen molar-refractivity contribution in [1.29, 1.82) is 0 Å². The number of carbonyl (C=O) groups is 1. The lowest BCUT2D eigenvalue weighted by atomic mass is 10.3. The second-order valence-electron chi connectivity index (χ2n) is 5.55. The second kappa shape index (κ2) is 7.37. The largest absolute Gasteiger partial charge is 0.379 e. The highest BCUT2D eigenvalue weighted by atomic mass is 16.6. The molecular formula is C14H22N4O4. The molecule has 8 heteroatoms. The first kappa shape index (κ1) is 16.4. The molecule has 0 radical (unpaired) electrons. The molecule has 8 nitrogen and oxygen atoms in total. The Morgan fingerprint density at radius 3 is 2.73 bits per heavy atom. The number of morpholine rings is 1. The quantitative estimate of drug-likeness (QED) is 0.626. The van der Waals surface area contributed by atoms with Crippen LogP contribution in [0, 0.1) is 10.1 Å². The molecule has 0 spiro atoms. The van der Waals surface area contributed by atoms with Gasteiger partial charge in [0.05, 0.1) is 24.3 Å². The summed E-state index contributed by atoms with van der Waals surface area (Å²) in [4.78, 5) is 24.9. The first-order valence-electron chi connectivity index (χ1n) is 7.43. The molecule has 1 fully saturated rings. The van der Waals surface area contributed by atoms with Crippen LogP contribution in [0.2, 0.25) is 0 Å². The minimum absolute atomic E-state index is 0.0197. The zero-order chi connectivity index (χ0) is 16.1. The number of rotatable bonds is 6. The zero-order valence-electron chi connectivity index (χ0n) is 12.9. The Hall–Kier alpha value is -1.93. The number of hydrogen-bond donors (Lipinski definition) is 1. The van der Waals surface area contributed by atoms with Gasteiger partial charge in [0, 0.05) is 38.3 Å². The first-order valence-corrected chi connectivity index (χ1v) is 7.43. The molecule has 122 valence electrons. The summed E-state index contributed by atoms with van der Waals surface area (Å²) in [5, 5.41) is 13.7. The fourth-order valence-electron chi connectivity index (χ4n) is 2.42. The van der Waals surface area contributed by atoms with E-state index in [1.807, 2.05) is 13.8 Å². The normalized spacial score (nSPS) is 16.0. The molecule has 1 aliphatic heterocycles. The summed E-state index contributed by atoms with van der Waals surface area (Å²) in [6, 6.07) is 1.30. The predicted octanol–water partition coefficient (Wildman–Crippen LogP) is 1.04. The van der Waals surface area contributed by atoms with Crippen LogP contribution in [0.5, 0.6) is 0 Å². The van der Waals surface area contributed by atoms with Crippen molar-refractivity contribution < 1.29 is 14.5 Å². The van der Waals surface area contributed by atoms with Crippen LogP contribution in [0.1, 0.15) is 30.4 Å². The number of ether oxygens (including phenoxy) is 1. The maximum absolute atomic E-state index is 12.2. The molecule has 22 heavy (non-hydrogen) atoms. The van der Waals surface area contributed by atoms with Crippen molar-refractivity contribution in [2.24, 2.45) is 0 Å². The number of carbonyl (C=O) groups excluding carboxylic acids is 1. The van der Waals surface area contributed by atoms with Gasteiger partial charge in [0.25, 0.3) is 11.6 Å².